The second-order valence-electron chi connectivity index (χ2n) is 4.94. The molecule has 1 aliphatic heterocycles. The molecular weight excluding hydrogens is 248 g/mol. The van der Waals surface area contributed by atoms with Crippen molar-refractivity contribution >= 4 is 5.91 Å². The van der Waals surface area contributed by atoms with E-state index in [0.29, 0.717) is 6.54 Å². The van der Waals surface area contributed by atoms with Crippen molar-refractivity contribution in [2.24, 2.45) is 11.7 Å². The van der Waals surface area contributed by atoms with Crippen LogP contribution < -0.4 is 5.73 Å². The van der Waals surface area contributed by atoms with Crippen LogP contribution >= 0.6 is 0 Å². The van der Waals surface area contributed by atoms with Crippen LogP contribution in [-0.2, 0) is 11.3 Å². The van der Waals surface area contributed by atoms with Crippen LogP contribution in [0.1, 0.15) is 11.1 Å². The third kappa shape index (κ3) is 2.26. The van der Waals surface area contributed by atoms with Gasteiger partial charge in [-0.1, -0.05) is 54.3 Å². The van der Waals surface area contributed by atoms with E-state index in [1.54, 1.807) is 0 Å². The molecule has 1 amide bonds. The lowest BCUT2D eigenvalue weighted by atomic mass is 9.91. The van der Waals surface area contributed by atoms with Gasteiger partial charge in [0.05, 0.1) is 18.5 Å². The lowest BCUT2D eigenvalue weighted by Gasteiger charge is -2.34. The van der Waals surface area contributed by atoms with Gasteiger partial charge in [-0.15, -0.1) is 0 Å². The molecule has 0 bridgehead atoms. The topological polar surface area (TPSA) is 46.3 Å². The second kappa shape index (κ2) is 5.36. The van der Waals surface area contributed by atoms with Crippen molar-refractivity contribution in [1.82, 2.24) is 4.90 Å². The Bertz CT molecular complexity index is 648. The minimum atomic E-state index is -0.0431. The van der Waals surface area contributed by atoms with Crippen LogP contribution in [0.15, 0.2) is 48.6 Å². The predicted octanol–water partition coefficient (Wildman–Crippen LogP) is 1.45. The van der Waals surface area contributed by atoms with Gasteiger partial charge in [0.15, 0.2) is 0 Å². The molecule has 20 heavy (non-hydrogen) atoms. The largest absolute Gasteiger partial charge is 0.329 e. The lowest BCUT2D eigenvalue weighted by molar-refractivity contribution is -0.132. The highest BCUT2D eigenvalue weighted by Crippen LogP contribution is 2.24. The van der Waals surface area contributed by atoms with Crippen LogP contribution in [0.2, 0.25) is 0 Å². The van der Waals surface area contributed by atoms with Crippen molar-refractivity contribution in [3.8, 4) is 11.8 Å². The van der Waals surface area contributed by atoms with E-state index in [0.717, 1.165) is 11.1 Å². The van der Waals surface area contributed by atoms with Gasteiger partial charge in [0.25, 0.3) is 0 Å². The molecule has 0 saturated heterocycles. The van der Waals surface area contributed by atoms with E-state index in [4.69, 9.17) is 5.73 Å². The Kier molecular flexibility index (Phi) is 3.41. The number of amides is 1. The molecule has 1 aliphatic carbocycles. The summed E-state index contributed by atoms with van der Waals surface area (Å²) in [7, 11) is 0. The van der Waals surface area contributed by atoms with Crippen molar-refractivity contribution in [3.05, 3.63) is 59.7 Å². The smallest absolute Gasteiger partial charge is 0.237 e. The fraction of sp³-hybridized carbons (Fsp3) is 0.235. The average molecular weight is 264 g/mol. The molecule has 2 unspecified atom stereocenters. The highest BCUT2D eigenvalue weighted by Gasteiger charge is 2.28. The van der Waals surface area contributed by atoms with Gasteiger partial charge in [0, 0.05) is 12.1 Å². The minimum Gasteiger partial charge on any atom is -0.329 e. The molecule has 3 heteroatoms. The fourth-order valence-electron chi connectivity index (χ4n) is 2.63. The van der Waals surface area contributed by atoms with Crippen LogP contribution in [0.25, 0.3) is 0 Å². The molecule has 1 aromatic carbocycles. The van der Waals surface area contributed by atoms with Gasteiger partial charge in [-0.3, -0.25) is 4.79 Å². The number of hydrogen-bond donors (Lipinski definition) is 1. The molecule has 1 heterocycles. The van der Waals surface area contributed by atoms with Crippen LogP contribution in [0.3, 0.4) is 0 Å². The molecule has 0 radical (unpaired) electrons. The number of carbonyl (C=O) groups excluding carboxylic acids is 1. The van der Waals surface area contributed by atoms with Gasteiger partial charge in [0.2, 0.25) is 5.91 Å². The first-order valence-corrected chi connectivity index (χ1v) is 6.73. The first-order chi connectivity index (χ1) is 9.79. The molecule has 0 saturated carbocycles. The molecule has 0 aromatic heterocycles. The van der Waals surface area contributed by atoms with E-state index < -0.39 is 0 Å². The number of nitrogens with zero attached hydrogens (tertiary/aromatic N) is 1. The number of nitrogens with two attached hydrogens (primary N) is 1. The summed E-state index contributed by atoms with van der Waals surface area (Å²) in [5.74, 6) is 6.49. The normalized spacial score (nSPS) is 22.9. The van der Waals surface area contributed by atoms with Crippen molar-refractivity contribution in [1.29, 1.82) is 0 Å². The number of fused-ring (bicyclic) bond motifs is 2. The Balaban J connectivity index is 2.08. The van der Waals surface area contributed by atoms with Gasteiger partial charge in [0.1, 0.15) is 0 Å². The third-order valence-corrected chi connectivity index (χ3v) is 3.69. The van der Waals surface area contributed by atoms with Gasteiger partial charge >= 0.3 is 0 Å². The maximum Gasteiger partial charge on any atom is 0.237 e. The van der Waals surface area contributed by atoms with Gasteiger partial charge in [-0.05, 0) is 11.6 Å². The van der Waals surface area contributed by atoms with Crippen molar-refractivity contribution < 1.29 is 4.79 Å². The zero-order valence-corrected chi connectivity index (χ0v) is 11.1. The fourth-order valence-corrected chi connectivity index (χ4v) is 2.63. The summed E-state index contributed by atoms with van der Waals surface area (Å²) in [4.78, 5) is 14.0. The van der Waals surface area contributed by atoms with Crippen molar-refractivity contribution in [2.75, 3.05) is 6.54 Å². The van der Waals surface area contributed by atoms with Gasteiger partial charge < -0.3 is 10.6 Å². The number of carbonyl (C=O) groups is 1. The highest BCUT2D eigenvalue weighted by molar-refractivity contribution is 5.79. The number of hydrogen-bond acceptors (Lipinski definition) is 2. The van der Waals surface area contributed by atoms with Gasteiger partial charge in [-0.2, -0.15) is 0 Å². The van der Waals surface area contributed by atoms with E-state index in [-0.39, 0.29) is 24.4 Å². The Morgan fingerprint density at radius 1 is 1.30 bits per heavy atom. The van der Waals surface area contributed by atoms with E-state index in [9.17, 15) is 4.79 Å². The van der Waals surface area contributed by atoms with E-state index >= 15 is 0 Å². The molecule has 100 valence electrons. The molecule has 0 fully saturated rings. The van der Waals surface area contributed by atoms with Crippen molar-refractivity contribution in [2.45, 2.75) is 12.6 Å². The first kappa shape index (κ1) is 12.7. The Morgan fingerprint density at radius 2 is 2.10 bits per heavy atom. The summed E-state index contributed by atoms with van der Waals surface area (Å²) < 4.78 is 0. The summed E-state index contributed by atoms with van der Waals surface area (Å²) in [5, 5.41) is 0. The lowest BCUT2D eigenvalue weighted by Crippen LogP contribution is -2.46. The second-order valence-corrected chi connectivity index (χ2v) is 4.94. The maximum atomic E-state index is 12.2. The third-order valence-electron chi connectivity index (χ3n) is 3.69. The van der Waals surface area contributed by atoms with Crippen molar-refractivity contribution in [3.63, 3.8) is 0 Å². The molecular formula is C17H16N2O. The molecule has 3 rings (SSSR count). The Labute approximate surface area is 118 Å². The highest BCUT2D eigenvalue weighted by atomic mass is 16.2. The maximum absolute atomic E-state index is 12.2. The molecule has 2 aliphatic rings. The van der Waals surface area contributed by atoms with E-state index in [1.807, 2.05) is 53.5 Å². The minimum absolute atomic E-state index is 0.0242. The monoisotopic (exact) mass is 264 g/mol. The first-order valence-electron chi connectivity index (χ1n) is 6.73. The van der Waals surface area contributed by atoms with E-state index in [2.05, 4.69) is 11.8 Å². The Morgan fingerprint density at radius 3 is 2.95 bits per heavy atom. The molecule has 2 atom stereocenters. The zero-order chi connectivity index (χ0) is 13.9. The zero-order valence-electron chi connectivity index (χ0n) is 11.1. The summed E-state index contributed by atoms with van der Waals surface area (Å²) >= 11 is 0. The number of benzene rings is 1. The Hall–Kier alpha value is -2.31. The van der Waals surface area contributed by atoms with Crippen LogP contribution in [0.4, 0.5) is 0 Å². The quantitative estimate of drug-likeness (QED) is 0.780. The standard InChI is InChI=1S/C17H16N2O/c18-11-17(20)19-12-15-7-2-1-5-13(15)9-10-14-6-3-4-8-16(14)19/h1-8,14,16H,11-12,18H2. The summed E-state index contributed by atoms with van der Waals surface area (Å²) in [5.41, 5.74) is 7.63. The SMILES string of the molecule is NCC(=O)N1Cc2ccccc2C#CC2C=CC=CC21. The summed E-state index contributed by atoms with van der Waals surface area (Å²) in [6.07, 6.45) is 8.02. The predicted molar refractivity (Wildman–Crippen MR) is 78.5 cm³/mol. The summed E-state index contributed by atoms with van der Waals surface area (Å²) in [6, 6.07) is 7.93. The molecule has 2 N–H and O–H groups in total. The molecule has 0 spiro atoms. The van der Waals surface area contributed by atoms with E-state index in [1.165, 1.54) is 0 Å². The van der Waals surface area contributed by atoms with Crippen LogP contribution in [-0.4, -0.2) is 23.4 Å². The van der Waals surface area contributed by atoms with Crippen LogP contribution in [0.5, 0.6) is 0 Å². The number of allylic oxidation sites excluding steroid dienone is 2. The van der Waals surface area contributed by atoms with Crippen LogP contribution in [0, 0.1) is 17.8 Å². The molecule has 3 nitrogen and oxygen atoms in total. The average Bonchev–Trinajstić information content (AvgIpc) is 2.49. The number of rotatable bonds is 1. The van der Waals surface area contributed by atoms with Gasteiger partial charge in [-0.25, -0.2) is 0 Å². The molecule has 1 aromatic rings. The summed E-state index contributed by atoms with van der Waals surface area (Å²) in [6.45, 7) is 0.580.